The molecule has 2 atom stereocenters. The average Bonchev–Trinajstić information content (AvgIpc) is 2.49. The fourth-order valence-corrected chi connectivity index (χ4v) is 2.77. The van der Waals surface area contributed by atoms with Gasteiger partial charge >= 0.3 is 0 Å². The van der Waals surface area contributed by atoms with Gasteiger partial charge in [-0.05, 0) is 18.8 Å². The van der Waals surface area contributed by atoms with Crippen LogP contribution in [0.5, 0.6) is 0 Å². The fourth-order valence-electron chi connectivity index (χ4n) is 2.77. The first-order valence-corrected chi connectivity index (χ1v) is 5.77. The summed E-state index contributed by atoms with van der Waals surface area (Å²) in [5.74, 6) is 0.710. The number of nitrogens with zero attached hydrogens (tertiary/aromatic N) is 1. The fraction of sp³-hybridized carbons (Fsp3) is 1.00. The van der Waals surface area contributed by atoms with E-state index in [0.29, 0.717) is 12.0 Å². The van der Waals surface area contributed by atoms with Gasteiger partial charge in [-0.15, -0.1) is 0 Å². The molecule has 0 radical (unpaired) electrons. The number of likely N-dealkylation sites (tertiary alicyclic amines) is 1. The van der Waals surface area contributed by atoms with Crippen LogP contribution in [0.1, 0.15) is 39.0 Å². The van der Waals surface area contributed by atoms with Crippen LogP contribution in [-0.2, 0) is 0 Å². The normalized spacial score (nSPS) is 38.3. The summed E-state index contributed by atoms with van der Waals surface area (Å²) in [5, 5.41) is 0. The molecule has 0 aromatic carbocycles. The van der Waals surface area contributed by atoms with Crippen LogP contribution in [0.2, 0.25) is 0 Å². The van der Waals surface area contributed by atoms with Crippen molar-refractivity contribution in [3.8, 4) is 0 Å². The average molecular weight is 182 g/mol. The lowest BCUT2D eigenvalue weighted by molar-refractivity contribution is 0.185. The standard InChI is InChI=1S/C11H22N2/c1-9-7-13(8-11(9)12)10-5-3-2-4-6-10/h9-11H,2-8,12H2,1H3. The molecule has 0 spiro atoms. The van der Waals surface area contributed by atoms with E-state index in [2.05, 4.69) is 11.8 Å². The second kappa shape index (κ2) is 3.97. The summed E-state index contributed by atoms with van der Waals surface area (Å²) in [5.41, 5.74) is 6.03. The third-order valence-electron chi connectivity index (χ3n) is 3.79. The van der Waals surface area contributed by atoms with Gasteiger partial charge < -0.3 is 5.73 Å². The predicted molar refractivity (Wildman–Crippen MR) is 55.6 cm³/mol. The summed E-state index contributed by atoms with van der Waals surface area (Å²) in [7, 11) is 0. The van der Waals surface area contributed by atoms with Crippen molar-refractivity contribution in [3.63, 3.8) is 0 Å². The third kappa shape index (κ3) is 2.05. The number of hydrogen-bond donors (Lipinski definition) is 1. The summed E-state index contributed by atoms with van der Waals surface area (Å²) in [4.78, 5) is 2.63. The van der Waals surface area contributed by atoms with Gasteiger partial charge in [0.15, 0.2) is 0 Å². The molecule has 1 saturated carbocycles. The molecule has 1 aliphatic carbocycles. The Hall–Kier alpha value is -0.0800. The van der Waals surface area contributed by atoms with Crippen molar-refractivity contribution in [1.29, 1.82) is 0 Å². The van der Waals surface area contributed by atoms with Gasteiger partial charge in [0.1, 0.15) is 0 Å². The second-order valence-corrected chi connectivity index (χ2v) is 4.89. The lowest BCUT2D eigenvalue weighted by atomic mass is 9.94. The first kappa shape index (κ1) is 9.47. The Kier molecular flexibility index (Phi) is 2.89. The zero-order valence-corrected chi connectivity index (χ0v) is 8.71. The maximum Gasteiger partial charge on any atom is 0.0206 e. The number of rotatable bonds is 1. The molecule has 2 heteroatoms. The van der Waals surface area contributed by atoms with Crippen LogP contribution in [0.3, 0.4) is 0 Å². The number of nitrogens with two attached hydrogens (primary N) is 1. The van der Waals surface area contributed by atoms with E-state index < -0.39 is 0 Å². The molecule has 2 unspecified atom stereocenters. The molecule has 1 heterocycles. The predicted octanol–water partition coefficient (Wildman–Crippen LogP) is 1.60. The highest BCUT2D eigenvalue weighted by Gasteiger charge is 2.31. The first-order chi connectivity index (χ1) is 6.27. The van der Waals surface area contributed by atoms with E-state index in [4.69, 9.17) is 5.73 Å². The van der Waals surface area contributed by atoms with E-state index in [1.54, 1.807) is 0 Å². The van der Waals surface area contributed by atoms with Crippen molar-refractivity contribution in [2.75, 3.05) is 13.1 Å². The van der Waals surface area contributed by atoms with E-state index in [-0.39, 0.29) is 0 Å². The number of hydrogen-bond acceptors (Lipinski definition) is 2. The molecule has 13 heavy (non-hydrogen) atoms. The smallest absolute Gasteiger partial charge is 0.0206 e. The van der Waals surface area contributed by atoms with Crippen LogP contribution in [0, 0.1) is 5.92 Å². The highest BCUT2D eigenvalue weighted by atomic mass is 15.2. The first-order valence-electron chi connectivity index (χ1n) is 5.77. The molecule has 2 nitrogen and oxygen atoms in total. The largest absolute Gasteiger partial charge is 0.326 e. The van der Waals surface area contributed by atoms with E-state index >= 15 is 0 Å². The lowest BCUT2D eigenvalue weighted by Crippen LogP contribution is -2.36. The summed E-state index contributed by atoms with van der Waals surface area (Å²) in [6.45, 7) is 4.67. The Balaban J connectivity index is 1.87. The molecular weight excluding hydrogens is 160 g/mol. The van der Waals surface area contributed by atoms with Gasteiger partial charge in [-0.2, -0.15) is 0 Å². The molecule has 0 amide bonds. The highest BCUT2D eigenvalue weighted by Crippen LogP contribution is 2.26. The molecule has 2 N–H and O–H groups in total. The van der Waals surface area contributed by atoms with Gasteiger partial charge in [-0.1, -0.05) is 26.2 Å². The quantitative estimate of drug-likeness (QED) is 0.667. The Labute approximate surface area is 81.5 Å². The summed E-state index contributed by atoms with van der Waals surface area (Å²) in [6.07, 6.45) is 7.15. The topological polar surface area (TPSA) is 29.3 Å². The highest BCUT2D eigenvalue weighted by molar-refractivity contribution is 4.88. The van der Waals surface area contributed by atoms with Gasteiger partial charge in [-0.25, -0.2) is 0 Å². The molecule has 0 aromatic heterocycles. The van der Waals surface area contributed by atoms with Crippen molar-refractivity contribution in [3.05, 3.63) is 0 Å². The molecular formula is C11H22N2. The Morgan fingerprint density at radius 2 is 1.77 bits per heavy atom. The Morgan fingerprint density at radius 3 is 2.31 bits per heavy atom. The SMILES string of the molecule is CC1CN(C2CCCCC2)CC1N. The zero-order valence-electron chi connectivity index (χ0n) is 8.71. The van der Waals surface area contributed by atoms with Crippen LogP contribution in [0.15, 0.2) is 0 Å². The van der Waals surface area contributed by atoms with Crippen molar-refractivity contribution >= 4 is 0 Å². The molecule has 0 aromatic rings. The lowest BCUT2D eigenvalue weighted by Gasteiger charge is -2.30. The second-order valence-electron chi connectivity index (χ2n) is 4.89. The van der Waals surface area contributed by atoms with Crippen molar-refractivity contribution in [2.24, 2.45) is 11.7 Å². The Morgan fingerprint density at radius 1 is 1.08 bits per heavy atom. The van der Waals surface area contributed by atoms with E-state index in [9.17, 15) is 0 Å². The molecule has 0 bridgehead atoms. The van der Waals surface area contributed by atoms with Gasteiger partial charge in [0.05, 0.1) is 0 Å². The molecule has 2 rings (SSSR count). The van der Waals surface area contributed by atoms with Crippen LogP contribution in [0.25, 0.3) is 0 Å². The van der Waals surface area contributed by atoms with E-state index in [0.717, 1.165) is 12.6 Å². The monoisotopic (exact) mass is 182 g/mol. The Bertz CT molecular complexity index is 153. The van der Waals surface area contributed by atoms with Crippen molar-refractivity contribution < 1.29 is 0 Å². The van der Waals surface area contributed by atoms with E-state index in [1.807, 2.05) is 0 Å². The van der Waals surface area contributed by atoms with Gasteiger partial charge in [0.25, 0.3) is 0 Å². The summed E-state index contributed by atoms with van der Waals surface area (Å²) in [6, 6.07) is 1.30. The van der Waals surface area contributed by atoms with Crippen LogP contribution in [-0.4, -0.2) is 30.1 Å². The van der Waals surface area contributed by atoms with Crippen LogP contribution >= 0.6 is 0 Å². The summed E-state index contributed by atoms with van der Waals surface area (Å²) >= 11 is 0. The summed E-state index contributed by atoms with van der Waals surface area (Å²) < 4.78 is 0. The zero-order chi connectivity index (χ0) is 9.26. The van der Waals surface area contributed by atoms with Crippen LogP contribution in [0.4, 0.5) is 0 Å². The molecule has 76 valence electrons. The minimum Gasteiger partial charge on any atom is -0.326 e. The minimum absolute atomic E-state index is 0.432. The van der Waals surface area contributed by atoms with Crippen molar-refractivity contribution in [2.45, 2.75) is 51.1 Å². The maximum absolute atomic E-state index is 6.03. The van der Waals surface area contributed by atoms with E-state index in [1.165, 1.54) is 38.6 Å². The van der Waals surface area contributed by atoms with Crippen LogP contribution < -0.4 is 5.73 Å². The molecule has 2 fully saturated rings. The third-order valence-corrected chi connectivity index (χ3v) is 3.79. The molecule has 1 saturated heterocycles. The van der Waals surface area contributed by atoms with Gasteiger partial charge in [-0.3, -0.25) is 4.90 Å². The van der Waals surface area contributed by atoms with Gasteiger partial charge in [0, 0.05) is 25.2 Å². The molecule has 2 aliphatic rings. The maximum atomic E-state index is 6.03. The molecule has 1 aliphatic heterocycles. The van der Waals surface area contributed by atoms with Gasteiger partial charge in [0.2, 0.25) is 0 Å². The minimum atomic E-state index is 0.432. The van der Waals surface area contributed by atoms with Crippen molar-refractivity contribution in [1.82, 2.24) is 4.90 Å².